The van der Waals surface area contributed by atoms with Crippen molar-refractivity contribution in [3.8, 4) is 0 Å². The third kappa shape index (κ3) is 6.92. The van der Waals surface area contributed by atoms with Crippen LogP contribution in [0.4, 0.5) is 5.69 Å². The van der Waals surface area contributed by atoms with Gasteiger partial charge in [0.2, 0.25) is 11.8 Å². The molecule has 1 aliphatic carbocycles. The highest BCUT2D eigenvalue weighted by Crippen LogP contribution is 2.27. The Kier molecular flexibility index (Phi) is 10.2. The summed E-state index contributed by atoms with van der Waals surface area (Å²) < 4.78 is 0. The standard InChI is InChI=1S/C20H30N4O2.2ClH/c21-18-5-1-3-15(18)11-19(25)23-17-8-6-14(7-9-17)12-24-10-2-4-16(13-24)20(22)26;;/h6-9,15-16,18H,1-5,10-13,21H2,(H2,22,26)(H,23,25);2*1H/t15-,16?,18+;;/m0../s1. The average molecular weight is 431 g/mol. The lowest BCUT2D eigenvalue weighted by atomic mass is 9.97. The van der Waals surface area contributed by atoms with Gasteiger partial charge in [0.25, 0.3) is 0 Å². The molecule has 1 unspecified atom stereocenters. The average Bonchev–Trinajstić information content (AvgIpc) is 3.01. The fourth-order valence-corrected chi connectivity index (χ4v) is 4.15. The molecule has 2 fully saturated rings. The molecule has 0 radical (unpaired) electrons. The molecule has 2 amide bonds. The van der Waals surface area contributed by atoms with Crippen molar-refractivity contribution in [1.29, 1.82) is 0 Å². The van der Waals surface area contributed by atoms with E-state index in [1.807, 2.05) is 24.3 Å². The molecule has 3 atom stereocenters. The van der Waals surface area contributed by atoms with Crippen LogP contribution in [0.1, 0.15) is 44.1 Å². The molecule has 3 rings (SSSR count). The van der Waals surface area contributed by atoms with Gasteiger partial charge in [-0.1, -0.05) is 18.6 Å². The maximum absolute atomic E-state index is 12.2. The second kappa shape index (κ2) is 11.6. The molecule has 6 nitrogen and oxygen atoms in total. The van der Waals surface area contributed by atoms with Crippen molar-refractivity contribution in [3.63, 3.8) is 0 Å². The van der Waals surface area contributed by atoms with E-state index in [-0.39, 0.29) is 48.6 Å². The largest absolute Gasteiger partial charge is 0.369 e. The van der Waals surface area contributed by atoms with Gasteiger partial charge in [0.15, 0.2) is 0 Å². The van der Waals surface area contributed by atoms with E-state index in [0.29, 0.717) is 12.3 Å². The van der Waals surface area contributed by atoms with E-state index in [9.17, 15) is 9.59 Å². The highest BCUT2D eigenvalue weighted by Gasteiger charge is 2.26. The lowest BCUT2D eigenvalue weighted by Gasteiger charge is -2.31. The smallest absolute Gasteiger partial charge is 0.224 e. The van der Waals surface area contributed by atoms with Crippen LogP contribution in [-0.4, -0.2) is 35.8 Å². The van der Waals surface area contributed by atoms with E-state index in [4.69, 9.17) is 11.5 Å². The summed E-state index contributed by atoms with van der Waals surface area (Å²) >= 11 is 0. The third-order valence-corrected chi connectivity index (χ3v) is 5.72. The van der Waals surface area contributed by atoms with Crippen LogP contribution in [-0.2, 0) is 16.1 Å². The lowest BCUT2D eigenvalue weighted by molar-refractivity contribution is -0.123. The zero-order chi connectivity index (χ0) is 18.5. The molecule has 8 heteroatoms. The number of anilines is 1. The van der Waals surface area contributed by atoms with Gasteiger partial charge in [0.05, 0.1) is 5.92 Å². The van der Waals surface area contributed by atoms with E-state index in [1.165, 1.54) is 5.56 Å². The number of carbonyl (C=O) groups is 2. The summed E-state index contributed by atoms with van der Waals surface area (Å²) in [7, 11) is 0. The van der Waals surface area contributed by atoms with E-state index in [0.717, 1.165) is 57.4 Å². The molecule has 1 aliphatic heterocycles. The minimum Gasteiger partial charge on any atom is -0.369 e. The first-order valence-corrected chi connectivity index (χ1v) is 9.67. The van der Waals surface area contributed by atoms with Crippen molar-refractivity contribution >= 4 is 42.3 Å². The zero-order valence-electron chi connectivity index (χ0n) is 16.1. The minimum atomic E-state index is -0.199. The van der Waals surface area contributed by atoms with Crippen molar-refractivity contribution < 1.29 is 9.59 Å². The Hall–Kier alpha value is -1.34. The second-order valence-corrected chi connectivity index (χ2v) is 7.78. The van der Waals surface area contributed by atoms with Crippen molar-refractivity contribution in [2.24, 2.45) is 23.3 Å². The fourth-order valence-electron chi connectivity index (χ4n) is 4.15. The maximum Gasteiger partial charge on any atom is 0.224 e. The number of hydrogen-bond donors (Lipinski definition) is 3. The first-order chi connectivity index (χ1) is 12.5. The minimum absolute atomic E-state index is 0. The highest BCUT2D eigenvalue weighted by atomic mass is 35.5. The van der Waals surface area contributed by atoms with E-state index in [1.54, 1.807) is 0 Å². The molecule has 5 N–H and O–H groups in total. The summed E-state index contributed by atoms with van der Waals surface area (Å²) in [6.45, 7) is 2.52. The number of halogens is 2. The van der Waals surface area contributed by atoms with Crippen LogP contribution in [0.2, 0.25) is 0 Å². The van der Waals surface area contributed by atoms with Gasteiger partial charge in [-0.25, -0.2) is 0 Å². The van der Waals surface area contributed by atoms with Crippen molar-refractivity contribution in [3.05, 3.63) is 29.8 Å². The van der Waals surface area contributed by atoms with E-state index >= 15 is 0 Å². The van der Waals surface area contributed by atoms with E-state index < -0.39 is 0 Å². The summed E-state index contributed by atoms with van der Waals surface area (Å²) in [6.07, 6.45) is 5.61. The fraction of sp³-hybridized carbons (Fsp3) is 0.600. The van der Waals surface area contributed by atoms with Gasteiger partial charge in [-0.2, -0.15) is 0 Å². The maximum atomic E-state index is 12.2. The molecule has 1 saturated carbocycles. The number of piperidine rings is 1. The van der Waals surface area contributed by atoms with Crippen molar-refractivity contribution in [1.82, 2.24) is 4.90 Å². The first kappa shape index (κ1) is 24.7. The Labute approximate surface area is 179 Å². The van der Waals surface area contributed by atoms with E-state index in [2.05, 4.69) is 10.2 Å². The van der Waals surface area contributed by atoms with Gasteiger partial charge < -0.3 is 16.8 Å². The third-order valence-electron chi connectivity index (χ3n) is 5.72. The molecule has 1 aromatic rings. The Morgan fingerprint density at radius 1 is 1.07 bits per heavy atom. The molecular weight excluding hydrogens is 399 g/mol. The Morgan fingerprint density at radius 2 is 1.79 bits per heavy atom. The van der Waals surface area contributed by atoms with Crippen molar-refractivity contribution in [2.45, 2.75) is 51.1 Å². The summed E-state index contributed by atoms with van der Waals surface area (Å²) in [5.74, 6) is 0.117. The van der Waals surface area contributed by atoms with Crippen LogP contribution in [0.5, 0.6) is 0 Å². The predicted octanol–water partition coefficient (Wildman–Crippen LogP) is 2.68. The van der Waals surface area contributed by atoms with Gasteiger partial charge in [-0.05, 0) is 55.8 Å². The summed E-state index contributed by atoms with van der Waals surface area (Å²) in [6, 6.07) is 8.11. The topological polar surface area (TPSA) is 101 Å². The zero-order valence-corrected chi connectivity index (χ0v) is 17.8. The molecule has 28 heavy (non-hydrogen) atoms. The number of nitrogens with two attached hydrogens (primary N) is 2. The Balaban J connectivity index is 0.00000196. The van der Waals surface area contributed by atoms with Crippen LogP contribution in [0.15, 0.2) is 24.3 Å². The van der Waals surface area contributed by atoms with Gasteiger partial charge in [-0.15, -0.1) is 24.8 Å². The number of rotatable bonds is 6. The molecule has 0 spiro atoms. The number of nitrogens with zero attached hydrogens (tertiary/aromatic N) is 1. The molecule has 1 saturated heterocycles. The molecular formula is C20H32Cl2N4O2. The number of hydrogen-bond acceptors (Lipinski definition) is 4. The second-order valence-electron chi connectivity index (χ2n) is 7.78. The van der Waals surface area contributed by atoms with Crippen LogP contribution >= 0.6 is 24.8 Å². The van der Waals surface area contributed by atoms with Crippen LogP contribution in [0.25, 0.3) is 0 Å². The summed E-state index contributed by atoms with van der Waals surface area (Å²) in [4.78, 5) is 25.9. The van der Waals surface area contributed by atoms with Crippen LogP contribution in [0, 0.1) is 11.8 Å². The first-order valence-electron chi connectivity index (χ1n) is 9.67. The molecule has 1 heterocycles. The Morgan fingerprint density at radius 3 is 2.39 bits per heavy atom. The molecule has 1 aromatic carbocycles. The molecule has 2 aliphatic rings. The number of likely N-dealkylation sites (tertiary alicyclic amines) is 1. The summed E-state index contributed by atoms with van der Waals surface area (Å²) in [5, 5.41) is 2.97. The SMILES string of the molecule is Cl.Cl.NC(=O)C1CCCN(Cc2ccc(NC(=O)C[C@@H]3CCC[C@H]3N)cc2)C1. The number of amides is 2. The van der Waals surface area contributed by atoms with Gasteiger partial charge in [-0.3, -0.25) is 14.5 Å². The number of nitrogens with one attached hydrogen (secondary N) is 1. The summed E-state index contributed by atoms with van der Waals surface area (Å²) in [5.41, 5.74) is 13.5. The van der Waals surface area contributed by atoms with Crippen LogP contribution in [0.3, 0.4) is 0 Å². The molecule has 0 bridgehead atoms. The van der Waals surface area contributed by atoms with Gasteiger partial charge >= 0.3 is 0 Å². The quantitative estimate of drug-likeness (QED) is 0.645. The van der Waals surface area contributed by atoms with Gasteiger partial charge in [0, 0.05) is 31.2 Å². The number of carbonyl (C=O) groups excluding carboxylic acids is 2. The molecule has 158 valence electrons. The number of primary amides is 1. The normalized spacial score (nSPS) is 24.7. The van der Waals surface area contributed by atoms with Crippen molar-refractivity contribution in [2.75, 3.05) is 18.4 Å². The van der Waals surface area contributed by atoms with Crippen LogP contribution < -0.4 is 16.8 Å². The van der Waals surface area contributed by atoms with Gasteiger partial charge in [0.1, 0.15) is 0 Å². The predicted molar refractivity (Wildman–Crippen MR) is 117 cm³/mol. The molecule has 0 aromatic heterocycles. The monoisotopic (exact) mass is 430 g/mol. The lowest BCUT2D eigenvalue weighted by Crippen LogP contribution is -2.40. The number of benzene rings is 1. The Bertz CT molecular complexity index is 642. The highest BCUT2D eigenvalue weighted by molar-refractivity contribution is 5.90.